The summed E-state index contributed by atoms with van der Waals surface area (Å²) >= 11 is 0. The Kier molecular flexibility index (Phi) is 22.1. The van der Waals surface area contributed by atoms with Crippen LogP contribution < -0.4 is 0 Å². The maximum absolute atomic E-state index is 6.58. The van der Waals surface area contributed by atoms with E-state index >= 15 is 0 Å². The largest absolute Gasteiger partial charge is 0.675 e. The van der Waals surface area contributed by atoms with Crippen LogP contribution in [0, 0.1) is 48.4 Å². The minimum atomic E-state index is 0. The van der Waals surface area contributed by atoms with E-state index in [1.54, 1.807) is 0 Å². The molecule has 1 atom stereocenters. The summed E-state index contributed by atoms with van der Waals surface area (Å²) in [5, 5.41) is 0. The molecule has 0 aliphatic heterocycles. The van der Waals surface area contributed by atoms with Crippen LogP contribution in [0.5, 0.6) is 0 Å². The topological polar surface area (TPSA) is 23.8 Å². The summed E-state index contributed by atoms with van der Waals surface area (Å²) in [4.78, 5) is 0. The zero-order chi connectivity index (χ0) is 7.86. The number of hydrogen-bond donors (Lipinski definition) is 0. The first-order chi connectivity index (χ1) is 4.00. The SMILES string of the molecule is CC(C)[NH-].[CH2-]C(C)CC.[La]. The van der Waals surface area contributed by atoms with Gasteiger partial charge in [0.1, 0.15) is 0 Å². The third-order valence-electron chi connectivity index (χ3n) is 0.697. The van der Waals surface area contributed by atoms with Crippen LogP contribution in [0.1, 0.15) is 34.1 Å². The van der Waals surface area contributed by atoms with Crippen LogP contribution in [0.25, 0.3) is 5.73 Å². The van der Waals surface area contributed by atoms with E-state index in [9.17, 15) is 0 Å². The minimum absolute atomic E-state index is 0. The van der Waals surface area contributed by atoms with Gasteiger partial charge in [0.05, 0.1) is 0 Å². The van der Waals surface area contributed by atoms with Crippen LogP contribution in [-0.2, 0) is 0 Å². The van der Waals surface area contributed by atoms with Gasteiger partial charge in [-0.25, -0.2) is 0 Å². The molecule has 0 fully saturated rings. The fourth-order valence-electron chi connectivity index (χ4n) is 0. The molecule has 1 unspecified atom stereocenters. The van der Waals surface area contributed by atoms with Gasteiger partial charge in [0, 0.05) is 35.6 Å². The van der Waals surface area contributed by atoms with Crippen LogP contribution >= 0.6 is 0 Å². The molecule has 10 heavy (non-hydrogen) atoms. The molecule has 0 aromatic carbocycles. The molecule has 61 valence electrons. The van der Waals surface area contributed by atoms with E-state index in [2.05, 4.69) is 20.8 Å². The van der Waals surface area contributed by atoms with Crippen molar-refractivity contribution in [2.45, 2.75) is 40.2 Å². The molecule has 0 spiro atoms. The molecular formula is C8H19LaN-2. The summed E-state index contributed by atoms with van der Waals surface area (Å²) in [5.41, 5.74) is 6.58. The average molecular weight is 268 g/mol. The Labute approximate surface area is 93.7 Å². The molecule has 0 aromatic rings. The molecule has 0 saturated heterocycles. The molecule has 0 bridgehead atoms. The van der Waals surface area contributed by atoms with E-state index < -0.39 is 0 Å². The van der Waals surface area contributed by atoms with Crippen LogP contribution in [0.15, 0.2) is 0 Å². The van der Waals surface area contributed by atoms with Crippen molar-refractivity contribution in [2.24, 2.45) is 5.92 Å². The van der Waals surface area contributed by atoms with Gasteiger partial charge in [0.2, 0.25) is 0 Å². The first-order valence-electron chi connectivity index (χ1n) is 3.54. The van der Waals surface area contributed by atoms with Crippen molar-refractivity contribution in [3.8, 4) is 0 Å². The summed E-state index contributed by atoms with van der Waals surface area (Å²) in [5.74, 6) is 0.634. The Morgan fingerprint density at radius 3 is 1.40 bits per heavy atom. The van der Waals surface area contributed by atoms with E-state index in [1.807, 2.05) is 13.8 Å². The van der Waals surface area contributed by atoms with E-state index in [1.165, 1.54) is 6.42 Å². The van der Waals surface area contributed by atoms with Gasteiger partial charge < -0.3 is 12.7 Å². The first kappa shape index (κ1) is 17.3. The minimum Gasteiger partial charge on any atom is -0.675 e. The van der Waals surface area contributed by atoms with Gasteiger partial charge in [-0.15, -0.1) is 6.04 Å². The number of rotatable bonds is 1. The van der Waals surface area contributed by atoms with Gasteiger partial charge in [-0.2, -0.15) is 5.92 Å². The smallest absolute Gasteiger partial charge is 0 e. The molecule has 1 N–H and O–H groups in total. The molecule has 0 rings (SSSR count). The predicted molar refractivity (Wildman–Crippen MR) is 44.3 cm³/mol. The Bertz CT molecular complexity index is 41.8. The second kappa shape index (κ2) is 12.8. The third kappa shape index (κ3) is 61.2. The molecule has 0 aliphatic carbocycles. The predicted octanol–water partition coefficient (Wildman–Crippen LogP) is 3.31. The van der Waals surface area contributed by atoms with Crippen molar-refractivity contribution < 1.29 is 35.6 Å². The molecule has 0 saturated carbocycles. The maximum atomic E-state index is 6.58. The molecule has 1 nitrogen and oxygen atoms in total. The molecule has 0 aromatic heterocycles. The number of hydrogen-bond acceptors (Lipinski definition) is 0. The molecule has 2 heteroatoms. The second-order valence-corrected chi connectivity index (χ2v) is 2.67. The zero-order valence-electron chi connectivity index (χ0n) is 7.65. The molecule has 0 amide bonds. The van der Waals surface area contributed by atoms with E-state index in [4.69, 9.17) is 5.73 Å². The quantitative estimate of drug-likeness (QED) is 0.651. The van der Waals surface area contributed by atoms with E-state index in [-0.39, 0.29) is 41.6 Å². The Hall–Kier alpha value is 1.15. The average Bonchev–Trinajstić information content (AvgIpc) is 1.65. The van der Waals surface area contributed by atoms with Crippen LogP contribution in [-0.4, -0.2) is 6.04 Å². The first-order valence-corrected chi connectivity index (χ1v) is 3.54. The van der Waals surface area contributed by atoms with Gasteiger partial charge >= 0.3 is 0 Å². The van der Waals surface area contributed by atoms with Crippen molar-refractivity contribution in [3.05, 3.63) is 12.7 Å². The molecular weight excluding hydrogens is 249 g/mol. The van der Waals surface area contributed by atoms with Crippen molar-refractivity contribution in [2.75, 3.05) is 0 Å². The van der Waals surface area contributed by atoms with Gasteiger partial charge in [-0.1, -0.05) is 34.1 Å². The van der Waals surface area contributed by atoms with Crippen molar-refractivity contribution in [1.82, 2.24) is 0 Å². The molecule has 0 aliphatic rings. The number of nitrogens with one attached hydrogen (secondary N) is 1. The fourth-order valence-corrected chi connectivity index (χ4v) is 0. The third-order valence-corrected chi connectivity index (χ3v) is 0.697. The van der Waals surface area contributed by atoms with Crippen molar-refractivity contribution in [1.29, 1.82) is 0 Å². The second-order valence-electron chi connectivity index (χ2n) is 2.67. The summed E-state index contributed by atoms with van der Waals surface area (Å²) in [6, 6.07) is 0.0833. The molecule has 1 radical (unpaired) electrons. The maximum Gasteiger partial charge on any atom is 0 e. The van der Waals surface area contributed by atoms with Gasteiger partial charge in [-0.05, 0) is 0 Å². The Morgan fingerprint density at radius 2 is 1.40 bits per heavy atom. The van der Waals surface area contributed by atoms with Crippen LogP contribution in [0.3, 0.4) is 0 Å². The fraction of sp³-hybridized carbons (Fsp3) is 0.875. The van der Waals surface area contributed by atoms with Gasteiger partial charge in [0.15, 0.2) is 0 Å². The van der Waals surface area contributed by atoms with Crippen molar-refractivity contribution >= 4 is 0 Å². The van der Waals surface area contributed by atoms with Crippen molar-refractivity contribution in [3.63, 3.8) is 0 Å². The normalized spacial score (nSPS) is 11.1. The summed E-state index contributed by atoms with van der Waals surface area (Å²) < 4.78 is 0. The van der Waals surface area contributed by atoms with Crippen LogP contribution in [0.2, 0.25) is 0 Å². The monoisotopic (exact) mass is 268 g/mol. The standard InChI is InChI=1S/C5H11.C3H8N.La/c1-4-5(2)3;1-3(2)4;/h5H,2,4H2,1,3H3;3-4H,1-2H3;/q2*-1;. The summed E-state index contributed by atoms with van der Waals surface area (Å²) in [6.45, 7) is 11.7. The summed E-state index contributed by atoms with van der Waals surface area (Å²) in [6.07, 6.45) is 1.19. The van der Waals surface area contributed by atoms with Gasteiger partial charge in [-0.3, -0.25) is 0 Å². The summed E-state index contributed by atoms with van der Waals surface area (Å²) in [7, 11) is 0. The molecule has 0 heterocycles. The van der Waals surface area contributed by atoms with E-state index in [0.717, 1.165) is 0 Å². The van der Waals surface area contributed by atoms with Crippen LogP contribution in [0.4, 0.5) is 0 Å². The Balaban J connectivity index is -0.0000000910. The van der Waals surface area contributed by atoms with Gasteiger partial charge in [0.25, 0.3) is 0 Å². The van der Waals surface area contributed by atoms with E-state index in [0.29, 0.717) is 5.92 Å². The Morgan fingerprint density at radius 1 is 1.30 bits per heavy atom. The zero-order valence-corrected chi connectivity index (χ0v) is 11.3.